The summed E-state index contributed by atoms with van der Waals surface area (Å²) < 4.78 is 9.80. The average Bonchev–Trinajstić information content (AvgIpc) is 1.38. The maximum atomic E-state index is 9.80. The second-order valence-corrected chi connectivity index (χ2v) is 2.22. The fraction of sp³-hybridized carbons (Fsp3) is 1.00. The van der Waals surface area contributed by atoms with Crippen molar-refractivity contribution in [3.05, 3.63) is 0 Å². The van der Waals surface area contributed by atoms with E-state index >= 15 is 0 Å². The minimum Gasteiger partial charge on any atom is -0.261 e. The third-order valence-electron chi connectivity index (χ3n) is 0.235. The summed E-state index contributed by atoms with van der Waals surface area (Å²) in [6.07, 6.45) is 1.57. The van der Waals surface area contributed by atoms with Gasteiger partial charge in [-0.3, -0.25) is 4.21 Å². The van der Waals surface area contributed by atoms with E-state index in [4.69, 9.17) is 7.85 Å². The number of hydrogen-bond donors (Lipinski definition) is 0. The predicted octanol–water partition coefficient (Wildman–Crippen LogP) is -0.509. The third-order valence-corrected chi connectivity index (χ3v) is 0.704. The predicted molar refractivity (Wildman–Crippen MR) is 24.7 cm³/mol. The summed E-state index contributed by atoms with van der Waals surface area (Å²) in [5.74, 6) is 0. The molecule has 0 spiro atoms. The van der Waals surface area contributed by atoms with E-state index in [-0.39, 0.29) is 5.65 Å². The van der Waals surface area contributed by atoms with Gasteiger partial charge in [0.05, 0.1) is 7.85 Å². The first kappa shape index (κ1) is 5.21. The van der Waals surface area contributed by atoms with E-state index in [0.717, 1.165) is 0 Å². The molecule has 5 heavy (non-hydrogen) atoms. The van der Waals surface area contributed by atoms with E-state index in [0.29, 0.717) is 0 Å². The number of rotatable bonds is 1. The standard InChI is InChI=1S/C2H5BOS/c1-5(4)2-3/h2H2,1H3. The normalized spacial score (nSPS) is 14.6. The Hall–Kier alpha value is 0.215. The second kappa shape index (κ2) is 2.45. The maximum Gasteiger partial charge on any atom is 0.0834 e. The first-order chi connectivity index (χ1) is 2.27. The van der Waals surface area contributed by atoms with E-state index in [9.17, 15) is 4.21 Å². The molecule has 0 fully saturated rings. The van der Waals surface area contributed by atoms with Gasteiger partial charge in [-0.15, -0.1) is 0 Å². The molecule has 0 heterocycles. The smallest absolute Gasteiger partial charge is 0.0834 e. The van der Waals surface area contributed by atoms with Gasteiger partial charge in [0, 0.05) is 17.1 Å². The minimum atomic E-state index is -0.795. The molecule has 0 aliphatic heterocycles. The van der Waals surface area contributed by atoms with Crippen LogP contribution in [0.15, 0.2) is 0 Å². The molecule has 0 amide bonds. The van der Waals surface area contributed by atoms with Crippen molar-refractivity contribution in [2.45, 2.75) is 0 Å². The SMILES string of the molecule is [B]CS(C)=O. The van der Waals surface area contributed by atoms with Crippen LogP contribution in [0.25, 0.3) is 0 Å². The topological polar surface area (TPSA) is 17.1 Å². The van der Waals surface area contributed by atoms with Gasteiger partial charge in [0.1, 0.15) is 0 Å². The highest BCUT2D eigenvalue weighted by atomic mass is 32.2. The summed E-state index contributed by atoms with van der Waals surface area (Å²) in [4.78, 5) is 0. The molecular formula is C2H5BOS. The molecule has 0 rings (SSSR count). The van der Waals surface area contributed by atoms with Gasteiger partial charge >= 0.3 is 0 Å². The van der Waals surface area contributed by atoms with Crippen LogP contribution in [-0.4, -0.2) is 24.0 Å². The van der Waals surface area contributed by atoms with E-state index < -0.39 is 10.8 Å². The molecule has 1 nitrogen and oxygen atoms in total. The van der Waals surface area contributed by atoms with Crippen molar-refractivity contribution in [3.8, 4) is 0 Å². The van der Waals surface area contributed by atoms with E-state index in [1.807, 2.05) is 0 Å². The fourth-order valence-electron chi connectivity index (χ4n) is 0. The molecule has 0 aromatic heterocycles. The highest BCUT2D eigenvalue weighted by molar-refractivity contribution is 7.85. The van der Waals surface area contributed by atoms with Crippen molar-refractivity contribution in [2.24, 2.45) is 0 Å². The summed E-state index contributed by atoms with van der Waals surface area (Å²) in [6.45, 7) is 0. The lowest BCUT2D eigenvalue weighted by Crippen LogP contribution is -1.89. The van der Waals surface area contributed by atoms with Crippen molar-refractivity contribution in [1.29, 1.82) is 0 Å². The van der Waals surface area contributed by atoms with Crippen molar-refractivity contribution in [3.63, 3.8) is 0 Å². The van der Waals surface area contributed by atoms with Crippen molar-refractivity contribution in [2.75, 3.05) is 11.9 Å². The molecule has 2 radical (unpaired) electrons. The Morgan fingerprint density at radius 1 is 2.00 bits per heavy atom. The Labute approximate surface area is 35.6 Å². The van der Waals surface area contributed by atoms with Crippen LogP contribution < -0.4 is 0 Å². The molecule has 0 bridgehead atoms. The highest BCUT2D eigenvalue weighted by Gasteiger charge is 1.73. The van der Waals surface area contributed by atoms with E-state index in [1.165, 1.54) is 0 Å². The van der Waals surface area contributed by atoms with Gasteiger partial charge in [-0.25, -0.2) is 0 Å². The van der Waals surface area contributed by atoms with Gasteiger partial charge in [-0.05, 0) is 5.65 Å². The number of hydrogen-bond acceptors (Lipinski definition) is 1. The monoisotopic (exact) mass is 88.0 g/mol. The molecule has 0 aromatic carbocycles. The van der Waals surface area contributed by atoms with Crippen LogP contribution in [0.4, 0.5) is 0 Å². The molecule has 0 aliphatic carbocycles. The third kappa shape index (κ3) is 4.21. The molecular weight excluding hydrogens is 82.9 g/mol. The van der Waals surface area contributed by atoms with Crippen molar-refractivity contribution >= 4 is 18.6 Å². The zero-order valence-corrected chi connectivity index (χ0v) is 3.92. The van der Waals surface area contributed by atoms with Crippen molar-refractivity contribution < 1.29 is 4.21 Å². The summed E-state index contributed by atoms with van der Waals surface area (Å²) in [5, 5.41) is 0. The Balaban J connectivity index is 2.85. The van der Waals surface area contributed by atoms with Gasteiger partial charge in [0.15, 0.2) is 0 Å². The quantitative estimate of drug-likeness (QED) is 0.394. The van der Waals surface area contributed by atoms with Crippen LogP contribution in [0.5, 0.6) is 0 Å². The zero-order valence-electron chi connectivity index (χ0n) is 3.10. The Kier molecular flexibility index (Phi) is 2.56. The van der Waals surface area contributed by atoms with Crippen LogP contribution in [0, 0.1) is 0 Å². The largest absolute Gasteiger partial charge is 0.261 e. The summed E-state index contributed by atoms with van der Waals surface area (Å²) >= 11 is 0. The highest BCUT2D eigenvalue weighted by Crippen LogP contribution is 1.59. The Bertz CT molecular complexity index is 44.9. The molecule has 0 aromatic rings. The minimum absolute atomic E-state index is 0.278. The Morgan fingerprint density at radius 2 is 2.20 bits per heavy atom. The summed E-state index contributed by atoms with van der Waals surface area (Å²) in [7, 11) is 4.08. The lowest BCUT2D eigenvalue weighted by Gasteiger charge is -1.74. The van der Waals surface area contributed by atoms with Gasteiger partial charge in [0.2, 0.25) is 0 Å². The van der Waals surface area contributed by atoms with Gasteiger partial charge in [-0.2, -0.15) is 0 Å². The fourth-order valence-corrected chi connectivity index (χ4v) is 0. The summed E-state index contributed by atoms with van der Waals surface area (Å²) in [6, 6.07) is 0. The lowest BCUT2D eigenvalue weighted by atomic mass is 10.2. The first-order valence-electron chi connectivity index (χ1n) is 1.27. The molecule has 1 atom stereocenters. The van der Waals surface area contributed by atoms with Gasteiger partial charge < -0.3 is 0 Å². The molecule has 0 N–H and O–H groups in total. The first-order valence-corrected chi connectivity index (χ1v) is 3.00. The maximum absolute atomic E-state index is 9.80. The van der Waals surface area contributed by atoms with Gasteiger partial charge in [0.25, 0.3) is 0 Å². The van der Waals surface area contributed by atoms with E-state index in [1.54, 1.807) is 6.26 Å². The average molecular weight is 87.9 g/mol. The van der Waals surface area contributed by atoms with Gasteiger partial charge in [-0.1, -0.05) is 0 Å². The second-order valence-electron chi connectivity index (χ2n) is 0.740. The van der Waals surface area contributed by atoms with E-state index in [2.05, 4.69) is 0 Å². The molecule has 28 valence electrons. The Morgan fingerprint density at radius 3 is 2.20 bits per heavy atom. The van der Waals surface area contributed by atoms with Crippen LogP contribution in [0.1, 0.15) is 0 Å². The van der Waals surface area contributed by atoms with Crippen LogP contribution >= 0.6 is 0 Å². The lowest BCUT2D eigenvalue weighted by molar-refractivity contribution is 0.689. The van der Waals surface area contributed by atoms with Crippen LogP contribution in [0.3, 0.4) is 0 Å². The summed E-state index contributed by atoms with van der Waals surface area (Å²) in [5.41, 5.74) is 0.278. The zero-order chi connectivity index (χ0) is 4.28. The van der Waals surface area contributed by atoms with Crippen LogP contribution in [0.2, 0.25) is 0 Å². The molecule has 0 saturated carbocycles. The van der Waals surface area contributed by atoms with Crippen LogP contribution in [-0.2, 0) is 10.8 Å². The molecule has 0 aliphatic rings. The molecule has 3 heteroatoms. The van der Waals surface area contributed by atoms with Crippen molar-refractivity contribution in [1.82, 2.24) is 0 Å². The molecule has 0 saturated heterocycles. The molecule has 1 unspecified atom stereocenters.